The van der Waals surface area contributed by atoms with E-state index in [9.17, 15) is 0 Å². The maximum atomic E-state index is 5.09. The molecule has 51 heavy (non-hydrogen) atoms. The molecule has 236 valence electrons. The maximum absolute atomic E-state index is 5.09. The van der Waals surface area contributed by atoms with Crippen LogP contribution < -0.4 is 0 Å². The second-order valence-electron chi connectivity index (χ2n) is 13.2. The second-order valence-corrected chi connectivity index (χ2v) is 13.2. The number of rotatable bonds is 3. The van der Waals surface area contributed by atoms with Crippen molar-refractivity contribution in [3.05, 3.63) is 170 Å². The van der Waals surface area contributed by atoms with E-state index in [4.69, 9.17) is 15.0 Å². The van der Waals surface area contributed by atoms with E-state index >= 15 is 0 Å². The SMILES string of the molecule is c1ccc(-c2nc(-c3ccccc3)nc(-c3ccc4c(c3)-c3ccccc3-c3cccc5c6c7ccccc7c7ccccc7c6n-4c35)n2)cc1. The van der Waals surface area contributed by atoms with Crippen molar-refractivity contribution in [2.45, 2.75) is 0 Å². The lowest BCUT2D eigenvalue weighted by Crippen LogP contribution is -2.01. The summed E-state index contributed by atoms with van der Waals surface area (Å²) in [6, 6.07) is 60.3. The molecule has 11 rings (SSSR count). The van der Waals surface area contributed by atoms with Gasteiger partial charge in [-0.2, -0.15) is 0 Å². The van der Waals surface area contributed by atoms with Crippen LogP contribution in [0.15, 0.2) is 170 Å². The van der Waals surface area contributed by atoms with Gasteiger partial charge in [0.2, 0.25) is 0 Å². The van der Waals surface area contributed by atoms with Gasteiger partial charge < -0.3 is 4.57 Å². The minimum absolute atomic E-state index is 0.642. The van der Waals surface area contributed by atoms with E-state index in [0.29, 0.717) is 17.5 Å². The van der Waals surface area contributed by atoms with E-state index in [0.717, 1.165) is 27.9 Å². The number of aromatic nitrogens is 4. The molecule has 0 aliphatic carbocycles. The molecule has 2 aromatic heterocycles. The number of benzene rings is 8. The van der Waals surface area contributed by atoms with Crippen molar-refractivity contribution in [1.29, 1.82) is 0 Å². The van der Waals surface area contributed by atoms with Crippen LogP contribution in [0, 0.1) is 0 Å². The summed E-state index contributed by atoms with van der Waals surface area (Å²) in [6.45, 7) is 0. The van der Waals surface area contributed by atoms with E-state index in [1.807, 2.05) is 36.4 Å². The van der Waals surface area contributed by atoms with Crippen LogP contribution in [-0.2, 0) is 0 Å². The molecule has 0 unspecified atom stereocenters. The summed E-state index contributed by atoms with van der Waals surface area (Å²) in [5.74, 6) is 1.95. The van der Waals surface area contributed by atoms with Gasteiger partial charge in [0.1, 0.15) is 0 Å². The van der Waals surface area contributed by atoms with Crippen LogP contribution in [0.5, 0.6) is 0 Å². The van der Waals surface area contributed by atoms with Gasteiger partial charge in [0.05, 0.1) is 16.7 Å². The molecule has 4 heteroatoms. The van der Waals surface area contributed by atoms with Gasteiger partial charge in [0, 0.05) is 44.0 Å². The first kappa shape index (κ1) is 28.0. The summed E-state index contributed by atoms with van der Waals surface area (Å²) < 4.78 is 2.52. The van der Waals surface area contributed by atoms with Gasteiger partial charge in [0.25, 0.3) is 0 Å². The minimum atomic E-state index is 0.642. The van der Waals surface area contributed by atoms with E-state index in [-0.39, 0.29) is 0 Å². The highest BCUT2D eigenvalue weighted by molar-refractivity contribution is 6.33. The van der Waals surface area contributed by atoms with Gasteiger partial charge in [0.15, 0.2) is 17.5 Å². The summed E-state index contributed by atoms with van der Waals surface area (Å²) in [4.78, 5) is 15.1. The fraction of sp³-hybridized carbons (Fsp3) is 0. The molecule has 0 spiro atoms. The molecule has 1 aliphatic rings. The number of hydrogen-bond donors (Lipinski definition) is 0. The van der Waals surface area contributed by atoms with Gasteiger partial charge >= 0.3 is 0 Å². The molecule has 0 N–H and O–H groups in total. The van der Waals surface area contributed by atoms with Gasteiger partial charge in [-0.05, 0) is 45.5 Å². The summed E-state index contributed by atoms with van der Waals surface area (Å²) in [5, 5.41) is 7.59. The van der Waals surface area contributed by atoms with Crippen molar-refractivity contribution in [2.75, 3.05) is 0 Å². The molecule has 0 fully saturated rings. The normalized spacial score (nSPS) is 11.9. The average Bonchev–Trinajstić information content (AvgIpc) is 3.51. The number of hydrogen-bond acceptors (Lipinski definition) is 3. The zero-order valence-electron chi connectivity index (χ0n) is 27.5. The van der Waals surface area contributed by atoms with Crippen molar-refractivity contribution >= 4 is 43.4 Å². The van der Waals surface area contributed by atoms with Crippen LogP contribution >= 0.6 is 0 Å². The third-order valence-electron chi connectivity index (χ3n) is 10.4. The Morgan fingerprint density at radius 1 is 0.314 bits per heavy atom. The molecule has 0 amide bonds. The van der Waals surface area contributed by atoms with Gasteiger partial charge in [-0.25, -0.2) is 15.0 Å². The quantitative estimate of drug-likeness (QED) is 0.179. The Labute approximate surface area is 294 Å². The Morgan fingerprint density at radius 3 is 1.47 bits per heavy atom. The first-order valence-electron chi connectivity index (χ1n) is 17.3. The fourth-order valence-corrected chi connectivity index (χ4v) is 8.16. The van der Waals surface area contributed by atoms with E-state index in [2.05, 4.69) is 138 Å². The van der Waals surface area contributed by atoms with Crippen molar-refractivity contribution in [1.82, 2.24) is 19.5 Å². The van der Waals surface area contributed by atoms with E-state index < -0.39 is 0 Å². The smallest absolute Gasteiger partial charge is 0.164 e. The van der Waals surface area contributed by atoms with Gasteiger partial charge in [-0.1, -0.05) is 152 Å². The molecule has 0 saturated carbocycles. The molecule has 3 heterocycles. The highest BCUT2D eigenvalue weighted by Crippen LogP contribution is 2.50. The molecule has 0 saturated heterocycles. The second kappa shape index (κ2) is 10.8. The molecule has 0 atom stereocenters. The van der Waals surface area contributed by atoms with E-state index in [1.54, 1.807) is 0 Å². The van der Waals surface area contributed by atoms with Crippen LogP contribution in [0.1, 0.15) is 0 Å². The molecule has 10 aromatic rings. The largest absolute Gasteiger partial charge is 0.307 e. The first-order chi connectivity index (χ1) is 25.3. The minimum Gasteiger partial charge on any atom is -0.307 e. The van der Waals surface area contributed by atoms with Crippen molar-refractivity contribution in [3.63, 3.8) is 0 Å². The lowest BCUT2D eigenvalue weighted by molar-refractivity contribution is 1.07. The molecular weight excluding hydrogens is 621 g/mol. The highest BCUT2D eigenvalue weighted by Gasteiger charge is 2.27. The Bertz CT molecular complexity index is 2960. The van der Waals surface area contributed by atoms with Gasteiger partial charge in [-0.15, -0.1) is 0 Å². The summed E-state index contributed by atoms with van der Waals surface area (Å²) in [5.41, 5.74) is 11.2. The Morgan fingerprint density at radius 2 is 0.804 bits per heavy atom. The van der Waals surface area contributed by atoms with Crippen molar-refractivity contribution < 1.29 is 0 Å². The van der Waals surface area contributed by atoms with Crippen molar-refractivity contribution in [3.8, 4) is 62.1 Å². The van der Waals surface area contributed by atoms with Gasteiger partial charge in [-0.3, -0.25) is 0 Å². The highest BCUT2D eigenvalue weighted by atomic mass is 15.0. The molecule has 8 aromatic carbocycles. The maximum Gasteiger partial charge on any atom is 0.164 e. The number of para-hydroxylation sites is 1. The third kappa shape index (κ3) is 4.11. The molecule has 0 bridgehead atoms. The van der Waals surface area contributed by atoms with Crippen LogP contribution in [0.2, 0.25) is 0 Å². The molecule has 1 aliphatic heterocycles. The summed E-state index contributed by atoms with van der Waals surface area (Å²) in [7, 11) is 0. The van der Waals surface area contributed by atoms with Crippen LogP contribution in [0.4, 0.5) is 0 Å². The zero-order chi connectivity index (χ0) is 33.5. The number of nitrogens with zero attached hydrogens (tertiary/aromatic N) is 4. The lowest BCUT2D eigenvalue weighted by atomic mass is 9.91. The Kier molecular flexibility index (Phi) is 5.92. The summed E-state index contributed by atoms with van der Waals surface area (Å²) in [6.07, 6.45) is 0. The first-order valence-corrected chi connectivity index (χ1v) is 17.3. The van der Waals surface area contributed by atoms with Crippen molar-refractivity contribution in [2.24, 2.45) is 0 Å². The van der Waals surface area contributed by atoms with Crippen LogP contribution in [-0.4, -0.2) is 19.5 Å². The van der Waals surface area contributed by atoms with Crippen LogP contribution in [0.3, 0.4) is 0 Å². The molecule has 4 nitrogen and oxygen atoms in total. The monoisotopic (exact) mass is 648 g/mol. The summed E-state index contributed by atoms with van der Waals surface area (Å²) >= 11 is 0. The Hall–Kier alpha value is -6.91. The predicted molar refractivity (Wildman–Crippen MR) is 210 cm³/mol. The van der Waals surface area contributed by atoms with Crippen LogP contribution in [0.25, 0.3) is 105 Å². The molecular formula is C47H28N4. The zero-order valence-corrected chi connectivity index (χ0v) is 27.5. The predicted octanol–water partition coefficient (Wildman–Crippen LogP) is 11.9. The molecule has 0 radical (unpaired) electrons. The fourth-order valence-electron chi connectivity index (χ4n) is 8.16. The topological polar surface area (TPSA) is 43.6 Å². The third-order valence-corrected chi connectivity index (χ3v) is 10.4. The standard InChI is InChI=1S/C47H28N4/c1-3-14-29(15-4-1)45-48-46(30-16-5-2-6-17-30)50-47(49-45)31-26-27-41-40(28-31)35-21-8-7-20-34(35)37-24-13-25-39-42-36-22-11-9-18-32(36)33-19-10-12-23-38(33)44(42)51(41)43(37)39/h1-28H. The number of fused-ring (bicyclic) bond motifs is 13. The average molecular weight is 649 g/mol. The van der Waals surface area contributed by atoms with E-state index in [1.165, 1.54) is 60.0 Å². The Balaban J connectivity index is 1.25. The lowest BCUT2D eigenvalue weighted by Gasteiger charge is -2.16.